The summed E-state index contributed by atoms with van der Waals surface area (Å²) in [6.07, 6.45) is 2.56. The average molecular weight is 145 g/mol. The standard InChI is InChI=1S/C11H13/c1-9-7-11(8-9)10-5-3-2-4-6-10/h2-6,9,11H,1,7-8H2/q-1. The highest BCUT2D eigenvalue weighted by Crippen LogP contribution is 2.40. The second kappa shape index (κ2) is 2.69. The van der Waals surface area contributed by atoms with Crippen molar-refractivity contribution in [3.63, 3.8) is 0 Å². The summed E-state index contributed by atoms with van der Waals surface area (Å²) in [5.41, 5.74) is 1.49. The molecule has 0 bridgehead atoms. The van der Waals surface area contributed by atoms with Gasteiger partial charge in [0.25, 0.3) is 0 Å². The lowest BCUT2D eigenvalue weighted by atomic mass is 9.72. The molecule has 0 unspecified atom stereocenters. The molecule has 0 N–H and O–H groups in total. The molecule has 0 saturated heterocycles. The van der Waals surface area contributed by atoms with E-state index in [1.54, 1.807) is 0 Å². The molecular weight excluding hydrogens is 132 g/mol. The quantitative estimate of drug-likeness (QED) is 0.533. The van der Waals surface area contributed by atoms with Gasteiger partial charge in [-0.2, -0.15) is 5.92 Å². The van der Waals surface area contributed by atoms with E-state index in [1.165, 1.54) is 18.4 Å². The molecule has 0 heteroatoms. The molecule has 1 aliphatic carbocycles. The van der Waals surface area contributed by atoms with Crippen LogP contribution in [0.1, 0.15) is 24.3 Å². The van der Waals surface area contributed by atoms with E-state index < -0.39 is 0 Å². The summed E-state index contributed by atoms with van der Waals surface area (Å²) in [4.78, 5) is 0. The average Bonchev–Trinajstić information content (AvgIpc) is 2.01. The lowest BCUT2D eigenvalue weighted by molar-refractivity contribution is 0.320. The Bertz CT molecular complexity index is 219. The molecule has 0 nitrogen and oxygen atoms in total. The fraction of sp³-hybridized carbons (Fsp3) is 0.364. The van der Waals surface area contributed by atoms with Crippen LogP contribution in [0.15, 0.2) is 30.3 Å². The molecule has 58 valence electrons. The van der Waals surface area contributed by atoms with E-state index in [0.29, 0.717) is 5.92 Å². The molecule has 0 atom stereocenters. The molecule has 0 aliphatic heterocycles. The molecule has 2 rings (SSSR count). The summed E-state index contributed by atoms with van der Waals surface area (Å²) in [5.74, 6) is 1.51. The molecule has 1 saturated carbocycles. The van der Waals surface area contributed by atoms with Gasteiger partial charge in [-0.1, -0.05) is 43.2 Å². The van der Waals surface area contributed by atoms with Crippen LogP contribution >= 0.6 is 0 Å². The maximum Gasteiger partial charge on any atom is -0.0206 e. The van der Waals surface area contributed by atoms with Crippen LogP contribution in [-0.4, -0.2) is 0 Å². The third kappa shape index (κ3) is 1.30. The molecule has 0 amide bonds. The first-order chi connectivity index (χ1) is 5.36. The highest BCUT2D eigenvalue weighted by Gasteiger charge is 2.21. The number of hydrogen-bond acceptors (Lipinski definition) is 0. The topological polar surface area (TPSA) is 0 Å². The van der Waals surface area contributed by atoms with Crippen molar-refractivity contribution in [2.75, 3.05) is 0 Å². The Kier molecular flexibility index (Phi) is 1.69. The van der Waals surface area contributed by atoms with Crippen molar-refractivity contribution in [3.8, 4) is 0 Å². The maximum atomic E-state index is 4.02. The Balaban J connectivity index is 2.08. The first-order valence-electron chi connectivity index (χ1n) is 4.24. The molecule has 1 fully saturated rings. The predicted octanol–water partition coefficient (Wildman–Crippen LogP) is 3.01. The molecule has 0 radical (unpaired) electrons. The number of hydrogen-bond donors (Lipinski definition) is 0. The molecule has 0 aromatic heterocycles. The van der Waals surface area contributed by atoms with E-state index in [1.807, 2.05) is 0 Å². The van der Waals surface area contributed by atoms with Gasteiger partial charge in [0.1, 0.15) is 0 Å². The second-order valence-electron chi connectivity index (χ2n) is 3.45. The maximum absolute atomic E-state index is 4.02. The van der Waals surface area contributed by atoms with Crippen LogP contribution < -0.4 is 0 Å². The van der Waals surface area contributed by atoms with Crippen LogP contribution in [-0.2, 0) is 0 Å². The Hall–Kier alpha value is -0.780. The fourth-order valence-electron chi connectivity index (χ4n) is 1.73. The molecule has 1 aromatic rings. The predicted molar refractivity (Wildman–Crippen MR) is 47.3 cm³/mol. The molecule has 1 aromatic carbocycles. The minimum absolute atomic E-state index is 0.709. The van der Waals surface area contributed by atoms with Gasteiger partial charge in [-0.3, -0.25) is 0 Å². The Morgan fingerprint density at radius 1 is 1.09 bits per heavy atom. The number of rotatable bonds is 1. The summed E-state index contributed by atoms with van der Waals surface area (Å²) in [5, 5.41) is 0. The van der Waals surface area contributed by atoms with Crippen LogP contribution in [0.5, 0.6) is 0 Å². The second-order valence-corrected chi connectivity index (χ2v) is 3.45. The van der Waals surface area contributed by atoms with Gasteiger partial charge in [0.15, 0.2) is 0 Å². The monoisotopic (exact) mass is 145 g/mol. The third-order valence-electron chi connectivity index (χ3n) is 2.51. The minimum atomic E-state index is 0.709. The van der Waals surface area contributed by atoms with Gasteiger partial charge in [-0.05, 0) is 11.5 Å². The Labute approximate surface area is 68.3 Å². The Morgan fingerprint density at radius 2 is 1.73 bits per heavy atom. The Morgan fingerprint density at radius 3 is 2.27 bits per heavy atom. The van der Waals surface area contributed by atoms with Crippen LogP contribution in [0.4, 0.5) is 0 Å². The van der Waals surface area contributed by atoms with Gasteiger partial charge in [-0.25, -0.2) is 0 Å². The minimum Gasteiger partial charge on any atom is -0.340 e. The smallest absolute Gasteiger partial charge is 0.0206 e. The van der Waals surface area contributed by atoms with E-state index in [4.69, 9.17) is 0 Å². The van der Waals surface area contributed by atoms with Crippen LogP contribution in [0, 0.1) is 12.8 Å². The van der Waals surface area contributed by atoms with E-state index in [-0.39, 0.29) is 0 Å². The van der Waals surface area contributed by atoms with E-state index in [0.717, 1.165) is 5.92 Å². The van der Waals surface area contributed by atoms with Crippen molar-refractivity contribution in [2.45, 2.75) is 18.8 Å². The van der Waals surface area contributed by atoms with Gasteiger partial charge < -0.3 is 6.92 Å². The molecule has 1 aliphatic rings. The van der Waals surface area contributed by atoms with E-state index in [9.17, 15) is 0 Å². The first kappa shape index (κ1) is 6.90. The van der Waals surface area contributed by atoms with Crippen LogP contribution in [0.2, 0.25) is 0 Å². The largest absolute Gasteiger partial charge is 0.340 e. The molecule has 0 spiro atoms. The van der Waals surface area contributed by atoms with Crippen molar-refractivity contribution < 1.29 is 0 Å². The SMILES string of the molecule is [CH2-]C1CC(c2ccccc2)C1. The molecular formula is C11H13-. The van der Waals surface area contributed by atoms with E-state index >= 15 is 0 Å². The van der Waals surface area contributed by atoms with Crippen molar-refractivity contribution in [1.82, 2.24) is 0 Å². The summed E-state index contributed by atoms with van der Waals surface area (Å²) >= 11 is 0. The van der Waals surface area contributed by atoms with Crippen LogP contribution in [0.25, 0.3) is 0 Å². The van der Waals surface area contributed by atoms with Gasteiger partial charge in [0, 0.05) is 0 Å². The van der Waals surface area contributed by atoms with E-state index in [2.05, 4.69) is 37.3 Å². The van der Waals surface area contributed by atoms with Gasteiger partial charge >= 0.3 is 0 Å². The van der Waals surface area contributed by atoms with Crippen LogP contribution in [0.3, 0.4) is 0 Å². The van der Waals surface area contributed by atoms with Crippen molar-refractivity contribution in [2.24, 2.45) is 5.92 Å². The highest BCUT2D eigenvalue weighted by atomic mass is 14.3. The van der Waals surface area contributed by atoms with Crippen molar-refractivity contribution in [1.29, 1.82) is 0 Å². The third-order valence-corrected chi connectivity index (χ3v) is 2.51. The van der Waals surface area contributed by atoms with Crippen molar-refractivity contribution in [3.05, 3.63) is 42.8 Å². The fourth-order valence-corrected chi connectivity index (χ4v) is 1.73. The zero-order valence-corrected chi connectivity index (χ0v) is 6.66. The summed E-state index contributed by atoms with van der Waals surface area (Å²) in [7, 11) is 0. The lowest BCUT2D eigenvalue weighted by Crippen LogP contribution is -2.18. The zero-order valence-electron chi connectivity index (χ0n) is 6.66. The van der Waals surface area contributed by atoms with Gasteiger partial charge in [0.2, 0.25) is 0 Å². The summed E-state index contributed by atoms with van der Waals surface area (Å²) in [6.45, 7) is 4.02. The van der Waals surface area contributed by atoms with Gasteiger partial charge in [0.05, 0.1) is 0 Å². The molecule has 0 heterocycles. The van der Waals surface area contributed by atoms with Gasteiger partial charge in [-0.15, -0.1) is 0 Å². The molecule has 11 heavy (non-hydrogen) atoms. The normalized spacial score (nSPS) is 29.5. The van der Waals surface area contributed by atoms with Crippen molar-refractivity contribution >= 4 is 0 Å². The first-order valence-corrected chi connectivity index (χ1v) is 4.24. The summed E-state index contributed by atoms with van der Waals surface area (Å²) < 4.78 is 0. The zero-order chi connectivity index (χ0) is 7.68. The highest BCUT2D eigenvalue weighted by molar-refractivity contribution is 5.21. The summed E-state index contributed by atoms with van der Waals surface area (Å²) in [6, 6.07) is 10.7. The lowest BCUT2D eigenvalue weighted by Gasteiger charge is -2.38. The number of benzene rings is 1.